The quantitative estimate of drug-likeness (QED) is 0.881. The SMILES string of the molecule is CCc1ocnc1C(=O)NCC1CCN(Cc2ccc(C)o2)CC1. The van der Waals surface area contributed by atoms with E-state index in [0.29, 0.717) is 30.3 Å². The Hall–Kier alpha value is -2.08. The fraction of sp³-hybridized carbons (Fsp3) is 0.556. The lowest BCUT2D eigenvalue weighted by Gasteiger charge is -2.31. The Morgan fingerprint density at radius 3 is 2.83 bits per heavy atom. The number of nitrogens with zero attached hydrogens (tertiary/aromatic N) is 2. The third-order valence-corrected chi connectivity index (χ3v) is 4.61. The van der Waals surface area contributed by atoms with Crippen molar-refractivity contribution in [3.63, 3.8) is 0 Å². The summed E-state index contributed by atoms with van der Waals surface area (Å²) in [6, 6.07) is 4.05. The second-order valence-electron chi connectivity index (χ2n) is 6.42. The van der Waals surface area contributed by atoms with E-state index in [4.69, 9.17) is 8.83 Å². The van der Waals surface area contributed by atoms with Crippen molar-refractivity contribution < 1.29 is 13.6 Å². The van der Waals surface area contributed by atoms with Crippen molar-refractivity contribution in [1.82, 2.24) is 15.2 Å². The summed E-state index contributed by atoms with van der Waals surface area (Å²) in [4.78, 5) is 18.6. The Morgan fingerprint density at radius 1 is 1.38 bits per heavy atom. The predicted molar refractivity (Wildman–Crippen MR) is 89.7 cm³/mol. The van der Waals surface area contributed by atoms with Crippen LogP contribution in [-0.4, -0.2) is 35.4 Å². The Morgan fingerprint density at radius 2 is 2.17 bits per heavy atom. The lowest BCUT2D eigenvalue weighted by Crippen LogP contribution is -2.38. The number of amides is 1. The molecule has 1 fully saturated rings. The number of aryl methyl sites for hydroxylation is 2. The number of aromatic nitrogens is 1. The molecule has 1 saturated heterocycles. The molecule has 2 aromatic rings. The van der Waals surface area contributed by atoms with E-state index in [1.54, 1.807) is 0 Å². The van der Waals surface area contributed by atoms with E-state index in [2.05, 4.69) is 15.2 Å². The van der Waals surface area contributed by atoms with Crippen LogP contribution in [0, 0.1) is 12.8 Å². The highest BCUT2D eigenvalue weighted by atomic mass is 16.3. The fourth-order valence-electron chi connectivity index (χ4n) is 3.17. The smallest absolute Gasteiger partial charge is 0.273 e. The molecule has 0 unspecified atom stereocenters. The van der Waals surface area contributed by atoms with Crippen molar-refractivity contribution in [2.45, 2.75) is 39.7 Å². The van der Waals surface area contributed by atoms with Gasteiger partial charge in [-0.25, -0.2) is 4.98 Å². The number of furan rings is 1. The number of hydrogen-bond acceptors (Lipinski definition) is 5. The van der Waals surface area contributed by atoms with Crippen LogP contribution in [0.1, 0.15) is 47.5 Å². The number of nitrogens with one attached hydrogen (secondary N) is 1. The molecule has 0 saturated carbocycles. The minimum atomic E-state index is -0.130. The van der Waals surface area contributed by atoms with Crippen molar-refractivity contribution in [2.75, 3.05) is 19.6 Å². The van der Waals surface area contributed by atoms with Crippen molar-refractivity contribution >= 4 is 5.91 Å². The van der Waals surface area contributed by atoms with Crippen LogP contribution in [0.5, 0.6) is 0 Å². The maximum absolute atomic E-state index is 12.2. The summed E-state index contributed by atoms with van der Waals surface area (Å²) in [6.45, 7) is 7.55. The minimum absolute atomic E-state index is 0.130. The maximum Gasteiger partial charge on any atom is 0.273 e. The molecule has 0 aromatic carbocycles. The first-order valence-corrected chi connectivity index (χ1v) is 8.64. The van der Waals surface area contributed by atoms with E-state index < -0.39 is 0 Å². The monoisotopic (exact) mass is 331 g/mol. The summed E-state index contributed by atoms with van der Waals surface area (Å²) in [5.74, 6) is 3.02. The van der Waals surface area contributed by atoms with Crippen LogP contribution >= 0.6 is 0 Å². The molecule has 1 aliphatic heterocycles. The van der Waals surface area contributed by atoms with Gasteiger partial charge in [-0.05, 0) is 50.9 Å². The molecule has 1 N–H and O–H groups in total. The van der Waals surface area contributed by atoms with Gasteiger partial charge in [-0.1, -0.05) is 6.92 Å². The van der Waals surface area contributed by atoms with Gasteiger partial charge in [0.05, 0.1) is 6.54 Å². The van der Waals surface area contributed by atoms with Crippen molar-refractivity contribution in [1.29, 1.82) is 0 Å². The molecule has 2 aromatic heterocycles. The number of likely N-dealkylation sites (tertiary alicyclic amines) is 1. The molecule has 0 spiro atoms. The third-order valence-electron chi connectivity index (χ3n) is 4.61. The van der Waals surface area contributed by atoms with E-state index >= 15 is 0 Å². The van der Waals surface area contributed by atoms with Gasteiger partial charge in [-0.15, -0.1) is 0 Å². The second kappa shape index (κ2) is 7.66. The van der Waals surface area contributed by atoms with Gasteiger partial charge in [0.2, 0.25) is 0 Å². The first-order valence-electron chi connectivity index (χ1n) is 8.64. The number of oxazole rings is 1. The van der Waals surface area contributed by atoms with Crippen LogP contribution in [0.3, 0.4) is 0 Å². The number of carbonyl (C=O) groups excluding carboxylic acids is 1. The Kier molecular flexibility index (Phi) is 5.35. The van der Waals surface area contributed by atoms with E-state index in [-0.39, 0.29) is 5.91 Å². The van der Waals surface area contributed by atoms with E-state index in [1.807, 2.05) is 26.0 Å². The summed E-state index contributed by atoms with van der Waals surface area (Å²) in [5, 5.41) is 3.00. The first-order chi connectivity index (χ1) is 11.7. The average molecular weight is 331 g/mol. The zero-order valence-electron chi connectivity index (χ0n) is 14.4. The van der Waals surface area contributed by atoms with Crippen LogP contribution < -0.4 is 5.32 Å². The maximum atomic E-state index is 12.2. The van der Waals surface area contributed by atoms with Gasteiger partial charge in [0.15, 0.2) is 12.1 Å². The van der Waals surface area contributed by atoms with Crippen LogP contribution in [0.2, 0.25) is 0 Å². The zero-order chi connectivity index (χ0) is 16.9. The Labute approximate surface area is 142 Å². The molecular formula is C18H25N3O3. The van der Waals surface area contributed by atoms with E-state index in [9.17, 15) is 4.79 Å². The standard InChI is InChI=1S/C18H25N3O3/c1-3-16-17(20-12-23-16)18(22)19-10-14-6-8-21(9-7-14)11-15-5-4-13(2)24-15/h4-5,12,14H,3,6-11H2,1-2H3,(H,19,22). The zero-order valence-corrected chi connectivity index (χ0v) is 14.4. The first kappa shape index (κ1) is 16.8. The Balaban J connectivity index is 1.41. The number of hydrogen-bond donors (Lipinski definition) is 1. The number of rotatable bonds is 6. The number of piperidine rings is 1. The van der Waals surface area contributed by atoms with Gasteiger partial charge in [0.25, 0.3) is 5.91 Å². The van der Waals surface area contributed by atoms with Crippen molar-refractivity contribution in [3.05, 3.63) is 41.5 Å². The third kappa shape index (κ3) is 4.06. The van der Waals surface area contributed by atoms with Gasteiger partial charge in [-0.2, -0.15) is 0 Å². The second-order valence-corrected chi connectivity index (χ2v) is 6.42. The lowest BCUT2D eigenvalue weighted by atomic mass is 9.96. The molecular weight excluding hydrogens is 306 g/mol. The van der Waals surface area contributed by atoms with Gasteiger partial charge in [0.1, 0.15) is 17.3 Å². The van der Waals surface area contributed by atoms with Gasteiger partial charge < -0.3 is 14.2 Å². The van der Waals surface area contributed by atoms with Gasteiger partial charge >= 0.3 is 0 Å². The molecule has 0 radical (unpaired) electrons. The van der Waals surface area contributed by atoms with Crippen LogP contribution in [0.25, 0.3) is 0 Å². The van der Waals surface area contributed by atoms with Gasteiger partial charge in [0, 0.05) is 13.0 Å². The van der Waals surface area contributed by atoms with Crippen LogP contribution in [0.4, 0.5) is 0 Å². The highest BCUT2D eigenvalue weighted by Gasteiger charge is 2.22. The minimum Gasteiger partial charge on any atom is -0.465 e. The summed E-state index contributed by atoms with van der Waals surface area (Å²) in [6.07, 6.45) is 4.18. The van der Waals surface area contributed by atoms with Crippen LogP contribution in [-0.2, 0) is 13.0 Å². The molecule has 1 amide bonds. The molecule has 6 nitrogen and oxygen atoms in total. The summed E-state index contributed by atoms with van der Waals surface area (Å²) >= 11 is 0. The summed E-state index contributed by atoms with van der Waals surface area (Å²) in [5.41, 5.74) is 0.420. The fourth-order valence-corrected chi connectivity index (χ4v) is 3.17. The molecule has 24 heavy (non-hydrogen) atoms. The predicted octanol–water partition coefficient (Wildman–Crippen LogP) is 2.78. The molecule has 6 heteroatoms. The average Bonchev–Trinajstić information content (AvgIpc) is 3.22. The Bertz CT molecular complexity index is 669. The topological polar surface area (TPSA) is 71.5 Å². The normalized spacial score (nSPS) is 16.4. The summed E-state index contributed by atoms with van der Waals surface area (Å²) < 4.78 is 10.9. The van der Waals surface area contributed by atoms with E-state index in [1.165, 1.54) is 6.39 Å². The number of carbonyl (C=O) groups is 1. The highest BCUT2D eigenvalue weighted by Crippen LogP contribution is 2.19. The van der Waals surface area contributed by atoms with Crippen LogP contribution in [0.15, 0.2) is 27.4 Å². The molecule has 3 rings (SSSR count). The molecule has 1 aliphatic rings. The molecule has 0 aliphatic carbocycles. The largest absolute Gasteiger partial charge is 0.465 e. The molecule has 130 valence electrons. The molecule has 3 heterocycles. The van der Waals surface area contributed by atoms with E-state index in [0.717, 1.165) is 44.0 Å². The lowest BCUT2D eigenvalue weighted by molar-refractivity contribution is 0.0928. The van der Waals surface area contributed by atoms with Crippen molar-refractivity contribution in [2.24, 2.45) is 5.92 Å². The highest BCUT2D eigenvalue weighted by molar-refractivity contribution is 5.93. The molecule has 0 bridgehead atoms. The molecule has 0 atom stereocenters. The van der Waals surface area contributed by atoms with Crippen molar-refractivity contribution in [3.8, 4) is 0 Å². The van der Waals surface area contributed by atoms with Gasteiger partial charge in [-0.3, -0.25) is 9.69 Å². The summed E-state index contributed by atoms with van der Waals surface area (Å²) in [7, 11) is 0.